The van der Waals surface area contributed by atoms with Crippen molar-refractivity contribution in [1.29, 1.82) is 0 Å². The van der Waals surface area contributed by atoms with Gasteiger partial charge >= 0.3 is 0 Å². The standard InChI is InChI=1S/C15H22N2O3/c1-17(14(9-16)10-4-5-10)15(18)11-6-12(19-2)8-13(7-11)20-3/h6-8,10,14H,4-5,9,16H2,1-3H3. The summed E-state index contributed by atoms with van der Waals surface area (Å²) in [6.45, 7) is 0.494. The van der Waals surface area contributed by atoms with Crippen LogP contribution in [0.1, 0.15) is 23.2 Å². The van der Waals surface area contributed by atoms with E-state index < -0.39 is 0 Å². The smallest absolute Gasteiger partial charge is 0.254 e. The summed E-state index contributed by atoms with van der Waals surface area (Å²) in [5.74, 6) is 1.71. The molecule has 5 nitrogen and oxygen atoms in total. The fourth-order valence-corrected chi connectivity index (χ4v) is 2.43. The second-order valence-electron chi connectivity index (χ2n) is 5.16. The number of carbonyl (C=O) groups is 1. The zero-order valence-corrected chi connectivity index (χ0v) is 12.3. The molecule has 1 fully saturated rings. The second kappa shape index (κ2) is 6.13. The van der Waals surface area contributed by atoms with E-state index in [1.165, 1.54) is 0 Å². The number of benzene rings is 1. The second-order valence-corrected chi connectivity index (χ2v) is 5.16. The highest BCUT2D eigenvalue weighted by molar-refractivity contribution is 5.95. The number of ether oxygens (including phenoxy) is 2. The van der Waals surface area contributed by atoms with Crippen LogP contribution in [-0.2, 0) is 0 Å². The lowest BCUT2D eigenvalue weighted by molar-refractivity contribution is 0.0718. The van der Waals surface area contributed by atoms with E-state index in [0.717, 1.165) is 12.8 Å². The van der Waals surface area contributed by atoms with Crippen LogP contribution in [0.5, 0.6) is 11.5 Å². The largest absolute Gasteiger partial charge is 0.497 e. The van der Waals surface area contributed by atoms with E-state index in [4.69, 9.17) is 15.2 Å². The lowest BCUT2D eigenvalue weighted by Crippen LogP contribution is -2.43. The molecule has 0 heterocycles. The Morgan fingerprint density at radius 2 is 1.85 bits per heavy atom. The van der Waals surface area contributed by atoms with Crippen molar-refractivity contribution < 1.29 is 14.3 Å². The maximum atomic E-state index is 12.6. The Hall–Kier alpha value is -1.75. The maximum Gasteiger partial charge on any atom is 0.254 e. The van der Waals surface area contributed by atoms with Crippen molar-refractivity contribution in [2.75, 3.05) is 27.8 Å². The Labute approximate surface area is 119 Å². The monoisotopic (exact) mass is 278 g/mol. The molecule has 1 atom stereocenters. The number of nitrogens with two attached hydrogens (primary N) is 1. The van der Waals surface area contributed by atoms with E-state index in [1.54, 1.807) is 37.3 Å². The molecule has 1 unspecified atom stereocenters. The van der Waals surface area contributed by atoms with E-state index in [1.807, 2.05) is 7.05 Å². The van der Waals surface area contributed by atoms with Gasteiger partial charge in [0.25, 0.3) is 5.91 Å². The SMILES string of the molecule is COc1cc(OC)cc(C(=O)N(C)C(CN)C2CC2)c1. The molecular weight excluding hydrogens is 256 g/mol. The molecule has 0 spiro atoms. The van der Waals surface area contributed by atoms with Crippen LogP contribution in [-0.4, -0.2) is 44.7 Å². The fourth-order valence-electron chi connectivity index (χ4n) is 2.43. The number of rotatable bonds is 6. The number of methoxy groups -OCH3 is 2. The van der Waals surface area contributed by atoms with Gasteiger partial charge in [0.15, 0.2) is 0 Å². The Bertz CT molecular complexity index is 464. The van der Waals surface area contributed by atoms with Gasteiger partial charge in [0.1, 0.15) is 11.5 Å². The predicted molar refractivity (Wildman–Crippen MR) is 77.2 cm³/mol. The number of amides is 1. The molecule has 2 rings (SSSR count). The van der Waals surface area contributed by atoms with Crippen molar-refractivity contribution in [3.63, 3.8) is 0 Å². The van der Waals surface area contributed by atoms with Crippen LogP contribution in [0.3, 0.4) is 0 Å². The van der Waals surface area contributed by atoms with Gasteiger partial charge < -0.3 is 20.1 Å². The highest BCUT2D eigenvalue weighted by Crippen LogP contribution is 2.35. The quantitative estimate of drug-likeness (QED) is 0.856. The molecule has 20 heavy (non-hydrogen) atoms. The molecule has 110 valence electrons. The molecule has 1 saturated carbocycles. The lowest BCUT2D eigenvalue weighted by Gasteiger charge is -2.27. The van der Waals surface area contributed by atoms with Gasteiger partial charge in [-0.1, -0.05) is 0 Å². The van der Waals surface area contributed by atoms with Crippen LogP contribution in [0.25, 0.3) is 0 Å². The van der Waals surface area contributed by atoms with Crippen molar-refractivity contribution >= 4 is 5.91 Å². The number of nitrogens with zero attached hydrogens (tertiary/aromatic N) is 1. The molecule has 1 amide bonds. The molecular formula is C15H22N2O3. The van der Waals surface area contributed by atoms with Crippen LogP contribution < -0.4 is 15.2 Å². The average Bonchev–Trinajstić information content (AvgIpc) is 3.31. The summed E-state index contributed by atoms with van der Waals surface area (Å²) in [6.07, 6.45) is 2.31. The number of hydrogen-bond acceptors (Lipinski definition) is 4. The first-order chi connectivity index (χ1) is 9.60. The molecule has 0 radical (unpaired) electrons. The van der Waals surface area contributed by atoms with E-state index in [0.29, 0.717) is 29.5 Å². The summed E-state index contributed by atoms with van der Waals surface area (Å²) in [7, 11) is 4.95. The fraction of sp³-hybridized carbons (Fsp3) is 0.533. The Morgan fingerprint density at radius 1 is 1.30 bits per heavy atom. The summed E-state index contributed by atoms with van der Waals surface area (Å²) < 4.78 is 10.4. The molecule has 5 heteroatoms. The van der Waals surface area contributed by atoms with Crippen LogP contribution in [0.15, 0.2) is 18.2 Å². The van der Waals surface area contributed by atoms with Gasteiger partial charge in [-0.25, -0.2) is 0 Å². The molecule has 1 aliphatic rings. The Balaban J connectivity index is 2.22. The zero-order valence-electron chi connectivity index (χ0n) is 12.3. The van der Waals surface area contributed by atoms with Crippen molar-refractivity contribution in [2.24, 2.45) is 11.7 Å². The average molecular weight is 278 g/mol. The summed E-state index contributed by atoms with van der Waals surface area (Å²) in [6, 6.07) is 5.31. The molecule has 2 N–H and O–H groups in total. The van der Waals surface area contributed by atoms with Gasteiger partial charge in [0, 0.05) is 31.3 Å². The van der Waals surface area contributed by atoms with Gasteiger partial charge in [0.05, 0.1) is 14.2 Å². The highest BCUT2D eigenvalue weighted by atomic mass is 16.5. The predicted octanol–water partition coefficient (Wildman–Crippen LogP) is 1.51. The van der Waals surface area contributed by atoms with Crippen molar-refractivity contribution in [3.8, 4) is 11.5 Å². The summed E-state index contributed by atoms with van der Waals surface area (Å²) in [5, 5.41) is 0. The van der Waals surface area contributed by atoms with Gasteiger partial charge in [-0.3, -0.25) is 4.79 Å². The topological polar surface area (TPSA) is 64.8 Å². The Morgan fingerprint density at radius 3 is 2.25 bits per heavy atom. The van der Waals surface area contributed by atoms with Crippen molar-refractivity contribution in [2.45, 2.75) is 18.9 Å². The first-order valence-electron chi connectivity index (χ1n) is 6.81. The van der Waals surface area contributed by atoms with Gasteiger partial charge in [-0.05, 0) is 30.9 Å². The minimum Gasteiger partial charge on any atom is -0.497 e. The van der Waals surface area contributed by atoms with Crippen LogP contribution >= 0.6 is 0 Å². The van der Waals surface area contributed by atoms with E-state index in [-0.39, 0.29) is 11.9 Å². The highest BCUT2D eigenvalue weighted by Gasteiger charge is 2.35. The minimum absolute atomic E-state index is 0.0513. The molecule has 1 aliphatic carbocycles. The maximum absolute atomic E-state index is 12.6. The number of hydrogen-bond donors (Lipinski definition) is 1. The van der Waals surface area contributed by atoms with Crippen LogP contribution in [0.4, 0.5) is 0 Å². The van der Waals surface area contributed by atoms with Crippen molar-refractivity contribution in [1.82, 2.24) is 4.90 Å². The molecule has 1 aromatic carbocycles. The van der Waals surface area contributed by atoms with Gasteiger partial charge in [0.2, 0.25) is 0 Å². The molecule has 1 aromatic rings. The van der Waals surface area contributed by atoms with Crippen molar-refractivity contribution in [3.05, 3.63) is 23.8 Å². The van der Waals surface area contributed by atoms with Crippen LogP contribution in [0.2, 0.25) is 0 Å². The summed E-state index contributed by atoms with van der Waals surface area (Å²) >= 11 is 0. The Kier molecular flexibility index (Phi) is 4.49. The minimum atomic E-state index is -0.0513. The first kappa shape index (κ1) is 14.7. The molecule has 0 bridgehead atoms. The third kappa shape index (κ3) is 3.04. The number of carbonyl (C=O) groups excluding carboxylic acids is 1. The number of likely N-dealkylation sites (N-methyl/N-ethyl adjacent to an activating group) is 1. The van der Waals surface area contributed by atoms with E-state index >= 15 is 0 Å². The van der Waals surface area contributed by atoms with E-state index in [9.17, 15) is 4.79 Å². The molecule has 0 aliphatic heterocycles. The molecule has 0 aromatic heterocycles. The summed E-state index contributed by atoms with van der Waals surface area (Å²) in [5.41, 5.74) is 6.36. The lowest BCUT2D eigenvalue weighted by atomic mass is 10.1. The van der Waals surface area contributed by atoms with Gasteiger partial charge in [-0.2, -0.15) is 0 Å². The van der Waals surface area contributed by atoms with Gasteiger partial charge in [-0.15, -0.1) is 0 Å². The zero-order chi connectivity index (χ0) is 14.7. The van der Waals surface area contributed by atoms with E-state index in [2.05, 4.69) is 0 Å². The normalized spacial score (nSPS) is 15.6. The third-order valence-corrected chi connectivity index (χ3v) is 3.82. The summed E-state index contributed by atoms with van der Waals surface area (Å²) in [4.78, 5) is 14.3. The molecule has 0 saturated heterocycles. The first-order valence-corrected chi connectivity index (χ1v) is 6.81. The third-order valence-electron chi connectivity index (χ3n) is 3.82. The van der Waals surface area contributed by atoms with Crippen LogP contribution in [0, 0.1) is 5.92 Å².